The fourth-order valence-corrected chi connectivity index (χ4v) is 3.40. The van der Waals surface area contributed by atoms with Gasteiger partial charge in [-0.05, 0) is 25.1 Å². The van der Waals surface area contributed by atoms with Gasteiger partial charge in [-0.2, -0.15) is 0 Å². The number of nitro benzene ring substituents is 1. The van der Waals surface area contributed by atoms with Crippen molar-refractivity contribution in [1.82, 2.24) is 0 Å². The zero-order valence-electron chi connectivity index (χ0n) is 14.7. The van der Waals surface area contributed by atoms with Crippen molar-refractivity contribution in [2.45, 2.75) is 6.92 Å². The Balaban J connectivity index is 1.80. The maximum Gasteiger partial charge on any atom is 0.293 e. The Labute approximate surface area is 155 Å². The van der Waals surface area contributed by atoms with E-state index < -0.39 is 16.7 Å². The molecule has 0 atom stereocenters. The third kappa shape index (κ3) is 2.83. The van der Waals surface area contributed by atoms with E-state index in [1.807, 2.05) is 11.8 Å². The van der Waals surface area contributed by atoms with Crippen LogP contribution in [0.3, 0.4) is 0 Å². The van der Waals surface area contributed by atoms with Crippen LogP contribution in [0.15, 0.2) is 36.4 Å². The Hall–Kier alpha value is -3.26. The lowest BCUT2D eigenvalue weighted by molar-refractivity contribution is -0.384. The van der Waals surface area contributed by atoms with Crippen LogP contribution in [0, 0.1) is 17.0 Å². The Bertz CT molecular complexity index is 949. The first-order valence-corrected chi connectivity index (χ1v) is 8.58. The molecule has 2 amide bonds. The third-order valence-corrected chi connectivity index (χ3v) is 4.82. The molecule has 0 N–H and O–H groups in total. The number of amides is 2. The molecule has 138 valence electrons. The second-order valence-corrected chi connectivity index (χ2v) is 6.52. The first kappa shape index (κ1) is 17.2. The number of hydrogen-bond donors (Lipinski definition) is 0. The fraction of sp³-hybridized carbons (Fsp3) is 0.263. The normalized spacial score (nSPS) is 16.6. The summed E-state index contributed by atoms with van der Waals surface area (Å²) in [6.45, 7) is 3.80. The summed E-state index contributed by atoms with van der Waals surface area (Å²) in [5, 5.41) is 11.6. The number of anilines is 2. The molecule has 8 heteroatoms. The molecule has 8 nitrogen and oxygen atoms in total. The number of nitro groups is 1. The van der Waals surface area contributed by atoms with Gasteiger partial charge in [-0.3, -0.25) is 19.7 Å². The second kappa shape index (κ2) is 6.48. The van der Waals surface area contributed by atoms with Crippen molar-refractivity contribution in [1.29, 1.82) is 0 Å². The highest BCUT2D eigenvalue weighted by Crippen LogP contribution is 2.37. The number of nitrogens with zero attached hydrogens (tertiary/aromatic N) is 3. The van der Waals surface area contributed by atoms with Gasteiger partial charge in [-0.15, -0.1) is 0 Å². The molecule has 0 spiro atoms. The van der Waals surface area contributed by atoms with E-state index in [0.717, 1.165) is 10.5 Å². The topological polar surface area (TPSA) is 93.0 Å². The van der Waals surface area contributed by atoms with E-state index in [2.05, 4.69) is 0 Å². The van der Waals surface area contributed by atoms with Crippen LogP contribution in [0.25, 0.3) is 0 Å². The van der Waals surface area contributed by atoms with Crippen molar-refractivity contribution in [2.75, 3.05) is 36.1 Å². The number of imide groups is 1. The number of aryl methyl sites for hydroxylation is 1. The van der Waals surface area contributed by atoms with E-state index in [9.17, 15) is 19.7 Å². The average molecular weight is 367 g/mol. The van der Waals surface area contributed by atoms with Gasteiger partial charge in [0, 0.05) is 19.2 Å². The highest BCUT2D eigenvalue weighted by Gasteiger charge is 2.40. The predicted molar refractivity (Wildman–Crippen MR) is 98.4 cm³/mol. The van der Waals surface area contributed by atoms with Crippen molar-refractivity contribution in [3.05, 3.63) is 63.2 Å². The van der Waals surface area contributed by atoms with Crippen LogP contribution in [0.5, 0.6) is 0 Å². The molecule has 1 fully saturated rings. The summed E-state index contributed by atoms with van der Waals surface area (Å²) >= 11 is 0. The van der Waals surface area contributed by atoms with Crippen LogP contribution < -0.4 is 9.80 Å². The van der Waals surface area contributed by atoms with Crippen molar-refractivity contribution in [2.24, 2.45) is 0 Å². The molecule has 2 heterocycles. The Morgan fingerprint density at radius 3 is 2.19 bits per heavy atom. The van der Waals surface area contributed by atoms with Crippen LogP contribution in [0.1, 0.15) is 26.3 Å². The summed E-state index contributed by atoms with van der Waals surface area (Å²) in [6.07, 6.45) is 0. The number of carbonyl (C=O) groups excluding carboxylic acids is 2. The molecular formula is C19H17N3O5. The first-order chi connectivity index (χ1) is 13.0. The molecule has 27 heavy (non-hydrogen) atoms. The van der Waals surface area contributed by atoms with E-state index >= 15 is 0 Å². The minimum atomic E-state index is -0.546. The SMILES string of the molecule is Cc1ccc(N2C(=O)c3cc(N4CCOCC4)c([N+](=O)[O-])cc3C2=O)cc1. The molecule has 2 aliphatic rings. The molecule has 0 aromatic heterocycles. The standard InChI is InChI=1S/C19H17N3O5/c1-12-2-4-13(5-3-12)21-18(23)14-10-16(20-6-8-27-9-7-20)17(22(25)26)11-15(14)19(21)24/h2-5,10-11H,6-9H2,1H3. The van der Waals surface area contributed by atoms with Gasteiger partial charge in [0.25, 0.3) is 17.5 Å². The van der Waals surface area contributed by atoms with Crippen LogP contribution >= 0.6 is 0 Å². The van der Waals surface area contributed by atoms with Gasteiger partial charge in [0.05, 0.1) is 35.0 Å². The molecule has 0 saturated carbocycles. The van der Waals surface area contributed by atoms with Gasteiger partial charge in [-0.25, -0.2) is 4.90 Å². The molecule has 0 aliphatic carbocycles. The van der Waals surface area contributed by atoms with Gasteiger partial charge in [0.15, 0.2) is 0 Å². The van der Waals surface area contributed by atoms with Gasteiger partial charge in [-0.1, -0.05) is 17.7 Å². The predicted octanol–water partition coefficient (Wildman–Crippen LogP) is 2.54. The lowest BCUT2D eigenvalue weighted by Gasteiger charge is -2.28. The number of morpholine rings is 1. The Morgan fingerprint density at radius 2 is 1.59 bits per heavy atom. The van der Waals surface area contributed by atoms with Crippen molar-refractivity contribution < 1.29 is 19.2 Å². The summed E-state index contributed by atoms with van der Waals surface area (Å²) in [6, 6.07) is 9.67. The Morgan fingerprint density at radius 1 is 1.00 bits per heavy atom. The number of carbonyl (C=O) groups is 2. The zero-order chi connectivity index (χ0) is 19.1. The van der Waals surface area contributed by atoms with Crippen LogP contribution in [0.2, 0.25) is 0 Å². The summed E-state index contributed by atoms with van der Waals surface area (Å²) in [5.41, 5.74) is 1.86. The summed E-state index contributed by atoms with van der Waals surface area (Å²) in [4.78, 5) is 39.6. The molecule has 0 bridgehead atoms. The van der Waals surface area contributed by atoms with E-state index in [-0.39, 0.29) is 16.8 Å². The number of fused-ring (bicyclic) bond motifs is 1. The maximum atomic E-state index is 12.9. The second-order valence-electron chi connectivity index (χ2n) is 6.52. The van der Waals surface area contributed by atoms with Crippen LogP contribution in [-0.2, 0) is 4.74 Å². The molecule has 0 radical (unpaired) electrons. The van der Waals surface area contributed by atoms with E-state index in [4.69, 9.17) is 4.74 Å². The zero-order valence-corrected chi connectivity index (χ0v) is 14.7. The monoisotopic (exact) mass is 367 g/mol. The van der Waals surface area contributed by atoms with Gasteiger partial charge < -0.3 is 9.64 Å². The molecule has 2 aliphatic heterocycles. The summed E-state index contributed by atoms with van der Waals surface area (Å²) in [5.74, 6) is -1.02. The van der Waals surface area contributed by atoms with Crippen molar-refractivity contribution in [3.63, 3.8) is 0 Å². The van der Waals surface area contributed by atoms with Crippen molar-refractivity contribution in [3.8, 4) is 0 Å². The fourth-order valence-electron chi connectivity index (χ4n) is 3.40. The molecular weight excluding hydrogens is 350 g/mol. The molecule has 0 unspecified atom stereocenters. The first-order valence-electron chi connectivity index (χ1n) is 8.58. The smallest absolute Gasteiger partial charge is 0.293 e. The third-order valence-electron chi connectivity index (χ3n) is 4.82. The van der Waals surface area contributed by atoms with E-state index in [1.54, 1.807) is 24.3 Å². The summed E-state index contributed by atoms with van der Waals surface area (Å²) in [7, 11) is 0. The van der Waals surface area contributed by atoms with Gasteiger partial charge >= 0.3 is 0 Å². The quantitative estimate of drug-likeness (QED) is 0.470. The maximum absolute atomic E-state index is 12.9. The minimum Gasteiger partial charge on any atom is -0.378 e. The number of benzene rings is 2. The lowest BCUT2D eigenvalue weighted by Crippen LogP contribution is -2.36. The lowest BCUT2D eigenvalue weighted by atomic mass is 10.1. The van der Waals surface area contributed by atoms with E-state index in [0.29, 0.717) is 37.7 Å². The van der Waals surface area contributed by atoms with Crippen LogP contribution in [0.4, 0.5) is 17.1 Å². The number of ether oxygens (including phenoxy) is 1. The minimum absolute atomic E-state index is 0.0595. The van der Waals surface area contributed by atoms with Gasteiger partial charge in [0.2, 0.25) is 0 Å². The number of rotatable bonds is 3. The van der Waals surface area contributed by atoms with Gasteiger partial charge in [0.1, 0.15) is 5.69 Å². The summed E-state index contributed by atoms with van der Waals surface area (Å²) < 4.78 is 5.30. The molecule has 2 aromatic carbocycles. The average Bonchev–Trinajstić information content (AvgIpc) is 2.92. The molecule has 2 aromatic rings. The van der Waals surface area contributed by atoms with Crippen molar-refractivity contribution >= 4 is 28.9 Å². The van der Waals surface area contributed by atoms with E-state index in [1.165, 1.54) is 12.1 Å². The molecule has 4 rings (SSSR count). The Kier molecular flexibility index (Phi) is 4.12. The number of hydrogen-bond acceptors (Lipinski definition) is 6. The van der Waals surface area contributed by atoms with Crippen LogP contribution in [-0.4, -0.2) is 43.0 Å². The largest absolute Gasteiger partial charge is 0.378 e. The highest BCUT2D eigenvalue weighted by molar-refractivity contribution is 6.35. The highest BCUT2D eigenvalue weighted by atomic mass is 16.6. The molecule has 1 saturated heterocycles.